The summed E-state index contributed by atoms with van der Waals surface area (Å²) in [7, 11) is 1.68. The highest BCUT2D eigenvalue weighted by Gasteiger charge is 2.41. The Morgan fingerprint density at radius 1 is 1.24 bits per heavy atom. The summed E-state index contributed by atoms with van der Waals surface area (Å²) in [4.78, 5) is 0. The van der Waals surface area contributed by atoms with Crippen molar-refractivity contribution in [2.45, 2.75) is 19.2 Å². The summed E-state index contributed by atoms with van der Waals surface area (Å²) in [5.74, 6) is 0. The van der Waals surface area contributed by atoms with Crippen LogP contribution in [0.25, 0.3) is 10.9 Å². The van der Waals surface area contributed by atoms with E-state index in [1.807, 2.05) is 0 Å². The summed E-state index contributed by atoms with van der Waals surface area (Å²) >= 11 is 0. The Hall–Kier alpha value is -1.49. The fraction of sp³-hybridized carbons (Fsp3) is 0.333. The minimum absolute atomic E-state index is 0.0596. The molecule has 1 aromatic carbocycles. The minimum atomic E-state index is -4.64. The van der Waals surface area contributed by atoms with Crippen molar-refractivity contribution in [2.75, 3.05) is 0 Å². The van der Waals surface area contributed by atoms with Crippen LogP contribution in [0.4, 0.5) is 13.2 Å². The largest absolute Gasteiger partial charge is 0.418 e. The number of para-hydroxylation sites is 1. The van der Waals surface area contributed by atoms with E-state index in [4.69, 9.17) is 0 Å². The van der Waals surface area contributed by atoms with Gasteiger partial charge in [0.1, 0.15) is 0 Å². The number of aryl methyl sites for hydroxylation is 1. The Labute approximate surface area is 96.3 Å². The number of halogens is 3. The van der Waals surface area contributed by atoms with Crippen molar-refractivity contribution in [3.63, 3.8) is 0 Å². The van der Waals surface area contributed by atoms with Crippen molar-refractivity contribution in [3.8, 4) is 0 Å². The molecule has 2 rings (SSSR count). The lowest BCUT2D eigenvalue weighted by atomic mass is 10.1. The number of nitrogens with zero attached hydrogens (tertiary/aromatic N) is 1. The Balaban J connectivity index is 2.73. The molecule has 0 radical (unpaired) electrons. The van der Waals surface area contributed by atoms with E-state index < -0.39 is 12.3 Å². The Morgan fingerprint density at radius 3 is 2.41 bits per heavy atom. The van der Waals surface area contributed by atoms with E-state index in [0.29, 0.717) is 16.6 Å². The minimum Gasteiger partial charge on any atom is -0.379 e. The van der Waals surface area contributed by atoms with Gasteiger partial charge in [0.05, 0.1) is 0 Å². The van der Waals surface area contributed by atoms with Crippen molar-refractivity contribution in [2.24, 2.45) is 7.05 Å². The molecule has 0 spiro atoms. The fourth-order valence-corrected chi connectivity index (χ4v) is 2.06. The lowest BCUT2D eigenvalue weighted by Crippen LogP contribution is -2.20. The quantitative estimate of drug-likeness (QED) is 0.818. The maximum Gasteiger partial charge on any atom is 0.418 e. The van der Waals surface area contributed by atoms with Gasteiger partial charge in [-0.15, -0.1) is 0 Å². The molecule has 1 N–H and O–H groups in total. The van der Waals surface area contributed by atoms with Gasteiger partial charge in [0.2, 0.25) is 0 Å². The second-order valence-corrected chi connectivity index (χ2v) is 4.02. The SMILES string of the molecule is Cc1c([C@@H](O)C(F)(F)F)c2ccccc2n1C. The first-order valence-electron chi connectivity index (χ1n) is 5.12. The van der Waals surface area contributed by atoms with Crippen molar-refractivity contribution < 1.29 is 18.3 Å². The number of benzene rings is 1. The molecule has 1 heterocycles. The monoisotopic (exact) mass is 243 g/mol. The molecule has 0 aliphatic heterocycles. The number of aliphatic hydroxyl groups is 1. The van der Waals surface area contributed by atoms with Crippen LogP contribution in [0.1, 0.15) is 17.4 Å². The van der Waals surface area contributed by atoms with Gasteiger partial charge in [-0.2, -0.15) is 13.2 Å². The normalized spacial score (nSPS) is 14.2. The summed E-state index contributed by atoms with van der Waals surface area (Å²) in [6.45, 7) is 1.57. The molecule has 0 saturated heterocycles. The molecule has 0 saturated carbocycles. The molecule has 1 aromatic heterocycles. The molecule has 0 aliphatic rings. The highest BCUT2D eigenvalue weighted by atomic mass is 19.4. The third-order valence-corrected chi connectivity index (χ3v) is 3.03. The highest BCUT2D eigenvalue weighted by molar-refractivity contribution is 5.85. The van der Waals surface area contributed by atoms with E-state index in [1.165, 1.54) is 0 Å². The summed E-state index contributed by atoms with van der Waals surface area (Å²) in [5, 5.41) is 9.85. The zero-order valence-electron chi connectivity index (χ0n) is 9.42. The molecule has 1 atom stereocenters. The molecule has 0 aliphatic carbocycles. The topological polar surface area (TPSA) is 25.2 Å². The third kappa shape index (κ3) is 1.80. The Kier molecular flexibility index (Phi) is 2.66. The van der Waals surface area contributed by atoms with Gasteiger partial charge in [0, 0.05) is 29.2 Å². The second kappa shape index (κ2) is 3.77. The number of aromatic nitrogens is 1. The lowest BCUT2D eigenvalue weighted by Gasteiger charge is -2.15. The van der Waals surface area contributed by atoms with Gasteiger partial charge in [-0.1, -0.05) is 18.2 Å². The van der Waals surface area contributed by atoms with Crippen molar-refractivity contribution >= 4 is 10.9 Å². The second-order valence-electron chi connectivity index (χ2n) is 4.02. The van der Waals surface area contributed by atoms with Crippen molar-refractivity contribution in [3.05, 3.63) is 35.5 Å². The zero-order chi connectivity index (χ0) is 12.8. The summed E-state index contributed by atoms with van der Waals surface area (Å²) in [6.07, 6.45) is -7.08. The number of hydrogen-bond acceptors (Lipinski definition) is 1. The molecular formula is C12H12F3NO. The summed E-state index contributed by atoms with van der Waals surface area (Å²) in [6, 6.07) is 6.74. The van der Waals surface area contributed by atoms with Crippen LogP contribution in [-0.4, -0.2) is 15.8 Å². The number of aliphatic hydroxyl groups excluding tert-OH is 1. The van der Waals surface area contributed by atoms with E-state index in [0.717, 1.165) is 0 Å². The average molecular weight is 243 g/mol. The van der Waals surface area contributed by atoms with E-state index in [9.17, 15) is 18.3 Å². The van der Waals surface area contributed by atoms with E-state index >= 15 is 0 Å². The van der Waals surface area contributed by atoms with Gasteiger partial charge < -0.3 is 9.67 Å². The zero-order valence-corrected chi connectivity index (χ0v) is 9.42. The first kappa shape index (κ1) is 12.0. The van der Waals surface area contributed by atoms with Crippen LogP contribution in [-0.2, 0) is 7.05 Å². The first-order chi connectivity index (χ1) is 7.84. The van der Waals surface area contributed by atoms with Crippen LogP contribution in [0.15, 0.2) is 24.3 Å². The van der Waals surface area contributed by atoms with Gasteiger partial charge >= 0.3 is 6.18 Å². The third-order valence-electron chi connectivity index (χ3n) is 3.03. The van der Waals surface area contributed by atoms with Crippen LogP contribution < -0.4 is 0 Å². The van der Waals surface area contributed by atoms with Crippen LogP contribution in [0, 0.1) is 6.92 Å². The molecule has 5 heteroatoms. The standard InChI is InChI=1S/C12H12F3NO/c1-7-10(11(17)12(13,14)15)8-5-3-4-6-9(8)16(7)2/h3-6,11,17H,1-2H3/t11-/m1/s1. The van der Waals surface area contributed by atoms with Crippen molar-refractivity contribution in [1.29, 1.82) is 0 Å². The van der Waals surface area contributed by atoms with Gasteiger partial charge in [-0.3, -0.25) is 0 Å². The Bertz CT molecular complexity index is 557. The molecule has 92 valence electrons. The van der Waals surface area contributed by atoms with E-state index in [2.05, 4.69) is 0 Å². The molecule has 0 fully saturated rings. The average Bonchev–Trinajstić information content (AvgIpc) is 2.51. The molecule has 0 unspecified atom stereocenters. The van der Waals surface area contributed by atoms with Gasteiger partial charge in [-0.25, -0.2) is 0 Å². The smallest absolute Gasteiger partial charge is 0.379 e. The Morgan fingerprint density at radius 2 is 1.82 bits per heavy atom. The van der Waals surface area contributed by atoms with Crippen LogP contribution in [0.5, 0.6) is 0 Å². The molecule has 2 aromatic rings. The van der Waals surface area contributed by atoms with E-state index in [-0.39, 0.29) is 5.56 Å². The fourth-order valence-electron chi connectivity index (χ4n) is 2.06. The molecular weight excluding hydrogens is 231 g/mol. The molecule has 17 heavy (non-hydrogen) atoms. The number of hydrogen-bond donors (Lipinski definition) is 1. The van der Waals surface area contributed by atoms with Crippen LogP contribution >= 0.6 is 0 Å². The van der Waals surface area contributed by atoms with Gasteiger partial charge in [0.25, 0.3) is 0 Å². The van der Waals surface area contributed by atoms with Gasteiger partial charge in [-0.05, 0) is 13.0 Å². The van der Waals surface area contributed by atoms with Gasteiger partial charge in [0.15, 0.2) is 6.10 Å². The number of alkyl halides is 3. The maximum atomic E-state index is 12.6. The maximum absolute atomic E-state index is 12.6. The van der Waals surface area contributed by atoms with E-state index in [1.54, 1.807) is 42.8 Å². The predicted molar refractivity (Wildman–Crippen MR) is 58.7 cm³/mol. The lowest BCUT2D eigenvalue weighted by molar-refractivity contribution is -0.206. The number of rotatable bonds is 1. The molecule has 2 nitrogen and oxygen atoms in total. The van der Waals surface area contributed by atoms with Crippen LogP contribution in [0.3, 0.4) is 0 Å². The highest BCUT2D eigenvalue weighted by Crippen LogP contribution is 2.38. The summed E-state index contributed by atoms with van der Waals surface area (Å²) in [5.41, 5.74) is 1.05. The molecule has 0 amide bonds. The van der Waals surface area contributed by atoms with Crippen LogP contribution in [0.2, 0.25) is 0 Å². The predicted octanol–water partition coefficient (Wildman–Crippen LogP) is 3.08. The first-order valence-corrected chi connectivity index (χ1v) is 5.12. The van der Waals surface area contributed by atoms with Crippen molar-refractivity contribution in [1.82, 2.24) is 4.57 Å². The number of fused-ring (bicyclic) bond motifs is 1. The molecule has 0 bridgehead atoms. The summed E-state index contributed by atoms with van der Waals surface area (Å²) < 4.78 is 39.4.